The van der Waals surface area contributed by atoms with E-state index >= 15 is 0 Å². The number of rotatable bonds is 7. The quantitative estimate of drug-likeness (QED) is 0.187. The Morgan fingerprint density at radius 2 is 1.75 bits per heavy atom. The van der Waals surface area contributed by atoms with Crippen molar-refractivity contribution in [2.75, 3.05) is 19.7 Å². The summed E-state index contributed by atoms with van der Waals surface area (Å²) in [6, 6.07) is 5.48. The van der Waals surface area contributed by atoms with Gasteiger partial charge in [0.1, 0.15) is 18.2 Å². The molecule has 4 N–H and O–H groups in total. The van der Waals surface area contributed by atoms with E-state index < -0.39 is 23.5 Å². The molecule has 2 rings (SSSR count). The van der Waals surface area contributed by atoms with E-state index in [0.717, 1.165) is 0 Å². The van der Waals surface area contributed by atoms with Crippen LogP contribution in [0.2, 0.25) is 0 Å². The summed E-state index contributed by atoms with van der Waals surface area (Å²) >= 11 is 0. The van der Waals surface area contributed by atoms with Crippen LogP contribution >= 0.6 is 0 Å². The molecule has 0 bridgehead atoms. The first-order chi connectivity index (χ1) is 15.0. The number of oxime groups is 1. The lowest BCUT2D eigenvalue weighted by atomic mass is 10.1. The Kier molecular flexibility index (Phi) is 8.59. The van der Waals surface area contributed by atoms with Crippen LogP contribution in [0.15, 0.2) is 29.4 Å². The number of ether oxygens (including phenoxy) is 2. The standard InChI is InChI=1S/C22H32N4O6/c1-14(24-20(28)16-7-5-15(6-8-16)19(23)25-30)21(29)26-11-9-17(10-12-26)31-13-18(27)32-22(2,3)4/h5-8,14,17,30H,9-13H2,1-4H3,(H2,23,25)(H,24,28)/t14-/m0/s1. The zero-order valence-corrected chi connectivity index (χ0v) is 19.0. The van der Waals surface area contributed by atoms with Crippen LogP contribution in [0.3, 0.4) is 0 Å². The van der Waals surface area contributed by atoms with Gasteiger partial charge in [0.25, 0.3) is 5.91 Å². The number of likely N-dealkylation sites (tertiary alicyclic amines) is 1. The lowest BCUT2D eigenvalue weighted by Crippen LogP contribution is -2.50. The third-order valence-electron chi connectivity index (χ3n) is 4.88. The van der Waals surface area contributed by atoms with Gasteiger partial charge in [-0.1, -0.05) is 17.3 Å². The average Bonchev–Trinajstić information content (AvgIpc) is 2.75. The molecule has 1 aliphatic rings. The van der Waals surface area contributed by atoms with Crippen molar-refractivity contribution in [3.8, 4) is 0 Å². The van der Waals surface area contributed by atoms with E-state index in [1.165, 1.54) is 12.1 Å². The fraction of sp³-hybridized carbons (Fsp3) is 0.545. The number of benzene rings is 1. The van der Waals surface area contributed by atoms with Gasteiger partial charge in [0.05, 0.1) is 6.10 Å². The first-order valence-corrected chi connectivity index (χ1v) is 10.5. The number of carbonyl (C=O) groups excluding carboxylic acids is 3. The van der Waals surface area contributed by atoms with E-state index in [1.54, 1.807) is 44.7 Å². The zero-order valence-electron chi connectivity index (χ0n) is 19.0. The molecule has 0 aliphatic carbocycles. The molecule has 0 radical (unpaired) electrons. The number of piperidine rings is 1. The Bertz CT molecular complexity index is 839. The van der Waals surface area contributed by atoms with E-state index in [9.17, 15) is 14.4 Å². The second-order valence-electron chi connectivity index (χ2n) is 8.68. The van der Waals surface area contributed by atoms with Crippen molar-refractivity contribution < 1.29 is 29.1 Å². The number of carbonyl (C=O) groups is 3. The van der Waals surface area contributed by atoms with Gasteiger partial charge < -0.3 is 30.6 Å². The third-order valence-corrected chi connectivity index (χ3v) is 4.88. The van der Waals surface area contributed by atoms with Crippen molar-refractivity contribution in [1.82, 2.24) is 10.2 Å². The minimum atomic E-state index is -0.703. The number of nitrogens with zero attached hydrogens (tertiary/aromatic N) is 2. The minimum Gasteiger partial charge on any atom is -0.458 e. The van der Waals surface area contributed by atoms with Crippen LogP contribution in [0.5, 0.6) is 0 Å². The molecule has 0 spiro atoms. The summed E-state index contributed by atoms with van der Waals surface area (Å²) in [5.74, 6) is -1.05. The van der Waals surface area contributed by atoms with E-state index in [4.69, 9.17) is 20.4 Å². The first-order valence-electron chi connectivity index (χ1n) is 10.5. The van der Waals surface area contributed by atoms with E-state index in [2.05, 4.69) is 10.5 Å². The highest BCUT2D eigenvalue weighted by atomic mass is 16.6. The summed E-state index contributed by atoms with van der Waals surface area (Å²) in [6.07, 6.45) is 1.08. The molecule has 1 fully saturated rings. The molecule has 1 aliphatic heterocycles. The predicted molar refractivity (Wildman–Crippen MR) is 117 cm³/mol. The average molecular weight is 449 g/mol. The highest BCUT2D eigenvalue weighted by Gasteiger charge is 2.28. The van der Waals surface area contributed by atoms with Gasteiger partial charge in [-0.05, 0) is 52.7 Å². The van der Waals surface area contributed by atoms with E-state index in [-0.39, 0.29) is 24.5 Å². The van der Waals surface area contributed by atoms with Gasteiger partial charge in [0.15, 0.2) is 5.84 Å². The van der Waals surface area contributed by atoms with Crippen molar-refractivity contribution in [1.29, 1.82) is 0 Å². The second kappa shape index (κ2) is 10.9. The van der Waals surface area contributed by atoms with Crippen molar-refractivity contribution in [3.05, 3.63) is 35.4 Å². The van der Waals surface area contributed by atoms with Crippen LogP contribution in [-0.4, -0.2) is 71.2 Å². The maximum absolute atomic E-state index is 12.7. The van der Waals surface area contributed by atoms with Crippen LogP contribution in [0.4, 0.5) is 0 Å². The maximum Gasteiger partial charge on any atom is 0.332 e. The molecule has 10 nitrogen and oxygen atoms in total. The summed E-state index contributed by atoms with van der Waals surface area (Å²) in [6.45, 7) is 7.87. The summed E-state index contributed by atoms with van der Waals surface area (Å²) < 4.78 is 10.8. The largest absolute Gasteiger partial charge is 0.458 e. The van der Waals surface area contributed by atoms with Crippen molar-refractivity contribution in [3.63, 3.8) is 0 Å². The Morgan fingerprint density at radius 1 is 1.19 bits per heavy atom. The molecular weight excluding hydrogens is 416 g/mol. The molecule has 2 amide bonds. The Labute approximate surface area is 187 Å². The molecule has 1 aromatic rings. The van der Waals surface area contributed by atoms with Gasteiger partial charge >= 0.3 is 5.97 Å². The molecule has 1 heterocycles. The first kappa shape index (κ1) is 25.1. The van der Waals surface area contributed by atoms with Gasteiger partial charge in [0, 0.05) is 24.2 Å². The number of amidine groups is 1. The van der Waals surface area contributed by atoms with Gasteiger partial charge in [0.2, 0.25) is 5.91 Å². The molecule has 0 saturated carbocycles. The molecule has 1 atom stereocenters. The lowest BCUT2D eigenvalue weighted by molar-refractivity contribution is -0.163. The van der Waals surface area contributed by atoms with Crippen LogP contribution in [-0.2, 0) is 19.1 Å². The SMILES string of the molecule is C[C@H](NC(=O)c1ccc(/C(N)=N/O)cc1)C(=O)N1CCC(OCC(=O)OC(C)(C)C)CC1. The molecular formula is C22H32N4O6. The van der Waals surface area contributed by atoms with Crippen LogP contribution in [0, 0.1) is 0 Å². The lowest BCUT2D eigenvalue weighted by Gasteiger charge is -2.33. The Balaban J connectivity index is 1.79. The second-order valence-corrected chi connectivity index (χ2v) is 8.68. The van der Waals surface area contributed by atoms with Gasteiger partial charge in [-0.15, -0.1) is 0 Å². The molecule has 0 unspecified atom stereocenters. The van der Waals surface area contributed by atoms with E-state index in [0.29, 0.717) is 37.1 Å². The summed E-state index contributed by atoms with van der Waals surface area (Å²) in [5.41, 5.74) is 5.78. The third kappa shape index (κ3) is 7.52. The predicted octanol–water partition coefficient (Wildman–Crippen LogP) is 1.25. The van der Waals surface area contributed by atoms with Crippen molar-refractivity contribution >= 4 is 23.6 Å². The smallest absolute Gasteiger partial charge is 0.332 e. The highest BCUT2D eigenvalue weighted by Crippen LogP contribution is 2.16. The highest BCUT2D eigenvalue weighted by molar-refractivity contribution is 6.00. The zero-order chi connectivity index (χ0) is 23.9. The van der Waals surface area contributed by atoms with Crippen molar-refractivity contribution in [2.24, 2.45) is 10.9 Å². The minimum absolute atomic E-state index is 0.0565. The van der Waals surface area contributed by atoms with Crippen molar-refractivity contribution in [2.45, 2.75) is 58.3 Å². The van der Waals surface area contributed by atoms with Crippen LogP contribution < -0.4 is 11.1 Å². The monoisotopic (exact) mass is 448 g/mol. The molecule has 32 heavy (non-hydrogen) atoms. The van der Waals surface area contributed by atoms with Crippen LogP contribution in [0.1, 0.15) is 56.5 Å². The molecule has 0 aromatic heterocycles. The number of amides is 2. The normalized spacial score (nSPS) is 16.4. The summed E-state index contributed by atoms with van der Waals surface area (Å²) in [5, 5.41) is 14.3. The molecule has 10 heteroatoms. The van der Waals surface area contributed by atoms with Gasteiger partial charge in [-0.25, -0.2) is 4.79 Å². The number of nitrogens with one attached hydrogen (secondary N) is 1. The Hall–Kier alpha value is -3.14. The van der Waals surface area contributed by atoms with Gasteiger partial charge in [-0.2, -0.15) is 0 Å². The Morgan fingerprint density at radius 3 is 2.28 bits per heavy atom. The molecule has 1 saturated heterocycles. The number of hydrogen-bond acceptors (Lipinski definition) is 7. The van der Waals surface area contributed by atoms with Gasteiger partial charge in [-0.3, -0.25) is 9.59 Å². The molecule has 1 aromatic carbocycles. The number of esters is 1. The molecule has 176 valence electrons. The van der Waals surface area contributed by atoms with E-state index in [1.807, 2.05) is 0 Å². The number of hydrogen-bond donors (Lipinski definition) is 3. The summed E-state index contributed by atoms with van der Waals surface area (Å²) in [7, 11) is 0. The number of nitrogens with two attached hydrogens (primary N) is 1. The fourth-order valence-corrected chi connectivity index (χ4v) is 3.27. The summed E-state index contributed by atoms with van der Waals surface area (Å²) in [4.78, 5) is 38.6. The maximum atomic E-state index is 12.7. The van der Waals surface area contributed by atoms with Crippen LogP contribution in [0.25, 0.3) is 0 Å². The topological polar surface area (TPSA) is 144 Å². The fourth-order valence-electron chi connectivity index (χ4n) is 3.27.